The van der Waals surface area contributed by atoms with Gasteiger partial charge < -0.3 is 9.47 Å². The molecular weight excluding hydrogens is 422 g/mol. The molecular formula is C25H23N3O3S. The van der Waals surface area contributed by atoms with E-state index in [9.17, 15) is 4.79 Å². The van der Waals surface area contributed by atoms with Crippen LogP contribution in [0.4, 0.5) is 0 Å². The Labute approximate surface area is 190 Å². The summed E-state index contributed by atoms with van der Waals surface area (Å²) >= 11 is 1.44. The van der Waals surface area contributed by atoms with E-state index in [1.54, 1.807) is 20.4 Å². The van der Waals surface area contributed by atoms with Gasteiger partial charge in [0.25, 0.3) is 0 Å². The molecule has 7 heteroatoms. The molecule has 4 rings (SSSR count). The summed E-state index contributed by atoms with van der Waals surface area (Å²) in [6, 6.07) is 19.6. The molecule has 0 unspecified atom stereocenters. The van der Waals surface area contributed by atoms with E-state index in [4.69, 9.17) is 9.47 Å². The number of methoxy groups -OCH3 is 2. The Morgan fingerprint density at radius 3 is 2.62 bits per heavy atom. The van der Waals surface area contributed by atoms with Crippen LogP contribution in [-0.4, -0.2) is 37.1 Å². The van der Waals surface area contributed by atoms with Crippen LogP contribution in [0.15, 0.2) is 70.7 Å². The SMILES string of the molecule is COc1ccc2ccccc2c1/C=N\NC(=O)CSc1cc(C)nc2c(OC)cccc12. The molecule has 0 saturated carbocycles. The number of rotatable bonds is 7. The minimum atomic E-state index is -0.198. The highest BCUT2D eigenvalue weighted by molar-refractivity contribution is 8.00. The highest BCUT2D eigenvalue weighted by Crippen LogP contribution is 2.32. The van der Waals surface area contributed by atoms with Crippen molar-refractivity contribution in [2.24, 2.45) is 5.10 Å². The summed E-state index contributed by atoms with van der Waals surface area (Å²) in [7, 11) is 3.24. The van der Waals surface area contributed by atoms with E-state index in [-0.39, 0.29) is 11.7 Å². The molecule has 0 bridgehead atoms. The maximum absolute atomic E-state index is 12.5. The van der Waals surface area contributed by atoms with Gasteiger partial charge in [-0.2, -0.15) is 5.10 Å². The number of carbonyl (C=O) groups excluding carboxylic acids is 1. The van der Waals surface area contributed by atoms with Crippen LogP contribution >= 0.6 is 11.8 Å². The normalized spacial score (nSPS) is 11.2. The number of nitrogens with zero attached hydrogens (tertiary/aromatic N) is 2. The molecule has 162 valence electrons. The van der Waals surface area contributed by atoms with Crippen molar-refractivity contribution in [3.63, 3.8) is 0 Å². The molecule has 0 aliphatic rings. The van der Waals surface area contributed by atoms with Crippen molar-refractivity contribution in [2.75, 3.05) is 20.0 Å². The maximum Gasteiger partial charge on any atom is 0.250 e. The van der Waals surface area contributed by atoms with Gasteiger partial charge >= 0.3 is 0 Å². The highest BCUT2D eigenvalue weighted by atomic mass is 32.2. The average Bonchev–Trinajstić information content (AvgIpc) is 2.82. The first-order chi connectivity index (χ1) is 15.6. The third kappa shape index (κ3) is 4.53. The number of carbonyl (C=O) groups is 1. The Morgan fingerprint density at radius 2 is 1.81 bits per heavy atom. The van der Waals surface area contributed by atoms with Gasteiger partial charge in [0.05, 0.1) is 26.2 Å². The summed E-state index contributed by atoms with van der Waals surface area (Å²) in [5, 5.41) is 7.21. The third-order valence-electron chi connectivity index (χ3n) is 5.00. The van der Waals surface area contributed by atoms with Crippen LogP contribution in [0.2, 0.25) is 0 Å². The van der Waals surface area contributed by atoms with Crippen LogP contribution in [0, 0.1) is 6.92 Å². The van der Waals surface area contributed by atoms with Crippen molar-refractivity contribution < 1.29 is 14.3 Å². The van der Waals surface area contributed by atoms with Gasteiger partial charge in [-0.25, -0.2) is 10.4 Å². The van der Waals surface area contributed by atoms with Crippen LogP contribution in [-0.2, 0) is 4.79 Å². The second kappa shape index (κ2) is 9.70. The van der Waals surface area contributed by atoms with Crippen LogP contribution in [0.3, 0.4) is 0 Å². The first-order valence-electron chi connectivity index (χ1n) is 10.1. The molecule has 0 atom stereocenters. The molecule has 32 heavy (non-hydrogen) atoms. The maximum atomic E-state index is 12.5. The lowest BCUT2D eigenvalue weighted by atomic mass is 10.0. The second-order valence-electron chi connectivity index (χ2n) is 7.10. The topological polar surface area (TPSA) is 72.8 Å². The van der Waals surface area contributed by atoms with Gasteiger partial charge in [0.1, 0.15) is 17.0 Å². The monoisotopic (exact) mass is 445 g/mol. The number of aryl methyl sites for hydroxylation is 1. The first kappa shape index (κ1) is 21.6. The number of benzene rings is 3. The molecule has 0 spiro atoms. The highest BCUT2D eigenvalue weighted by Gasteiger charge is 2.11. The van der Waals surface area contributed by atoms with Gasteiger partial charge in [-0.3, -0.25) is 4.79 Å². The summed E-state index contributed by atoms with van der Waals surface area (Å²) < 4.78 is 10.9. The van der Waals surface area contributed by atoms with Gasteiger partial charge in [-0.1, -0.05) is 42.5 Å². The summed E-state index contributed by atoms with van der Waals surface area (Å²) in [4.78, 5) is 18.0. The fraction of sp³-hybridized carbons (Fsp3) is 0.160. The first-order valence-corrected chi connectivity index (χ1v) is 11.0. The lowest BCUT2D eigenvalue weighted by molar-refractivity contribution is -0.118. The number of nitrogens with one attached hydrogen (secondary N) is 1. The van der Waals surface area contributed by atoms with Crippen LogP contribution in [0.5, 0.6) is 11.5 Å². The van der Waals surface area contributed by atoms with E-state index in [1.165, 1.54) is 11.8 Å². The number of thioether (sulfide) groups is 1. The molecule has 0 radical (unpaired) electrons. The van der Waals surface area contributed by atoms with E-state index in [2.05, 4.69) is 15.5 Å². The average molecular weight is 446 g/mol. The second-order valence-corrected chi connectivity index (χ2v) is 8.12. The van der Waals surface area contributed by atoms with Gasteiger partial charge in [0, 0.05) is 21.5 Å². The zero-order valence-electron chi connectivity index (χ0n) is 18.1. The van der Waals surface area contributed by atoms with E-state index in [1.807, 2.05) is 67.6 Å². The number of amides is 1. The van der Waals surface area contributed by atoms with Gasteiger partial charge in [0.15, 0.2) is 0 Å². The molecule has 0 aliphatic carbocycles. The number of para-hydroxylation sites is 1. The summed E-state index contributed by atoms with van der Waals surface area (Å²) in [6.45, 7) is 1.93. The molecule has 0 fully saturated rings. The van der Waals surface area contributed by atoms with Crippen molar-refractivity contribution in [1.82, 2.24) is 10.4 Å². The minimum Gasteiger partial charge on any atom is -0.496 e. The molecule has 1 N–H and O–H groups in total. The number of fused-ring (bicyclic) bond motifs is 2. The predicted octanol–water partition coefficient (Wildman–Crippen LogP) is 4.96. The van der Waals surface area contributed by atoms with Crippen molar-refractivity contribution in [3.8, 4) is 11.5 Å². The molecule has 0 saturated heterocycles. The Kier molecular flexibility index (Phi) is 6.56. The van der Waals surface area contributed by atoms with Crippen molar-refractivity contribution in [2.45, 2.75) is 11.8 Å². The number of ether oxygens (including phenoxy) is 2. The quantitative estimate of drug-likeness (QED) is 0.247. The largest absolute Gasteiger partial charge is 0.496 e. The van der Waals surface area contributed by atoms with Gasteiger partial charge in [-0.05, 0) is 35.9 Å². The third-order valence-corrected chi connectivity index (χ3v) is 6.06. The Morgan fingerprint density at radius 1 is 1.03 bits per heavy atom. The zero-order chi connectivity index (χ0) is 22.5. The molecule has 1 heterocycles. The minimum absolute atomic E-state index is 0.198. The summed E-state index contributed by atoms with van der Waals surface area (Å²) in [5.41, 5.74) is 5.09. The van der Waals surface area contributed by atoms with Crippen LogP contribution < -0.4 is 14.9 Å². The van der Waals surface area contributed by atoms with E-state index in [0.717, 1.165) is 37.8 Å². The predicted molar refractivity (Wildman–Crippen MR) is 130 cm³/mol. The van der Waals surface area contributed by atoms with Gasteiger partial charge in [-0.15, -0.1) is 11.8 Å². The standard InChI is InChI=1S/C25H23N3O3S/c1-16-13-23(19-9-6-10-22(31-3)25(19)27-16)32-15-24(29)28-26-14-20-18-8-5-4-7-17(18)11-12-21(20)30-2/h4-14H,15H2,1-3H3,(H,28,29)/b26-14-. The Bertz CT molecular complexity index is 1320. The number of pyridine rings is 1. The number of aromatic nitrogens is 1. The zero-order valence-corrected chi connectivity index (χ0v) is 18.9. The number of hydrogen-bond acceptors (Lipinski definition) is 6. The van der Waals surface area contributed by atoms with E-state index >= 15 is 0 Å². The summed E-state index contributed by atoms with van der Waals surface area (Å²) in [5.74, 6) is 1.44. The number of hydrazone groups is 1. The molecule has 1 aromatic heterocycles. The lowest BCUT2D eigenvalue weighted by Gasteiger charge is -2.10. The van der Waals surface area contributed by atoms with Crippen molar-refractivity contribution >= 4 is 45.6 Å². The molecule has 3 aromatic carbocycles. The van der Waals surface area contributed by atoms with Crippen molar-refractivity contribution in [1.29, 1.82) is 0 Å². The number of hydrogen-bond donors (Lipinski definition) is 1. The van der Waals surface area contributed by atoms with Crippen LogP contribution in [0.25, 0.3) is 21.7 Å². The van der Waals surface area contributed by atoms with Crippen molar-refractivity contribution in [3.05, 3.63) is 71.9 Å². The fourth-order valence-electron chi connectivity index (χ4n) is 3.53. The molecule has 1 amide bonds. The van der Waals surface area contributed by atoms with E-state index in [0.29, 0.717) is 11.5 Å². The van der Waals surface area contributed by atoms with Crippen LogP contribution in [0.1, 0.15) is 11.3 Å². The lowest BCUT2D eigenvalue weighted by Crippen LogP contribution is -2.19. The Balaban J connectivity index is 1.48. The summed E-state index contributed by atoms with van der Waals surface area (Å²) in [6.07, 6.45) is 1.63. The molecule has 6 nitrogen and oxygen atoms in total. The van der Waals surface area contributed by atoms with Gasteiger partial charge in [0.2, 0.25) is 5.91 Å². The molecule has 0 aliphatic heterocycles. The molecule has 4 aromatic rings. The Hall–Kier alpha value is -3.58. The smallest absolute Gasteiger partial charge is 0.250 e. The van der Waals surface area contributed by atoms with E-state index < -0.39 is 0 Å². The fourth-order valence-corrected chi connectivity index (χ4v) is 4.45.